The molecule has 24 heavy (non-hydrogen) atoms. The minimum Gasteiger partial charge on any atom is -0.266 e. The molecule has 0 atom stereocenters. The van der Waals surface area contributed by atoms with Crippen LogP contribution >= 0.6 is 46.4 Å². The summed E-state index contributed by atoms with van der Waals surface area (Å²) in [6.07, 6.45) is 3.00. The molecule has 0 spiro atoms. The van der Waals surface area contributed by atoms with E-state index in [-0.39, 0.29) is 5.96 Å². The zero-order valence-corrected chi connectivity index (χ0v) is 15.0. The van der Waals surface area contributed by atoms with E-state index in [1.165, 1.54) is 12.4 Å². The summed E-state index contributed by atoms with van der Waals surface area (Å²) in [4.78, 5) is 0. The largest absolute Gasteiger partial charge is 0.266 e. The molecule has 0 aliphatic rings. The van der Waals surface area contributed by atoms with Gasteiger partial charge in [0.25, 0.3) is 0 Å². The Morgan fingerprint density at radius 1 is 0.750 bits per heavy atom. The molecule has 0 amide bonds. The number of benzene rings is 2. The van der Waals surface area contributed by atoms with Crippen LogP contribution in [0.15, 0.2) is 46.6 Å². The van der Waals surface area contributed by atoms with Gasteiger partial charge in [-0.15, -0.1) is 0 Å². The van der Waals surface area contributed by atoms with Gasteiger partial charge in [0.05, 0.1) is 32.5 Å². The summed E-state index contributed by atoms with van der Waals surface area (Å²) >= 11 is 23.4. The molecular weight excluding hydrogens is 392 g/mol. The lowest BCUT2D eigenvalue weighted by Crippen LogP contribution is -2.29. The first-order valence-corrected chi connectivity index (χ1v) is 8.03. The van der Waals surface area contributed by atoms with E-state index in [4.69, 9.17) is 51.8 Å². The van der Waals surface area contributed by atoms with E-state index in [1.54, 1.807) is 36.4 Å². The molecule has 0 unspecified atom stereocenters. The van der Waals surface area contributed by atoms with Crippen LogP contribution < -0.4 is 10.9 Å². The highest BCUT2D eigenvalue weighted by atomic mass is 35.5. The van der Waals surface area contributed by atoms with Gasteiger partial charge < -0.3 is 0 Å². The summed E-state index contributed by atoms with van der Waals surface area (Å²) in [6.45, 7) is 0. The van der Waals surface area contributed by atoms with Crippen molar-refractivity contribution in [1.82, 2.24) is 10.9 Å². The Kier molecular flexibility index (Phi) is 6.87. The highest BCUT2D eigenvalue weighted by molar-refractivity contribution is 6.42. The van der Waals surface area contributed by atoms with Crippen LogP contribution in [0.25, 0.3) is 0 Å². The maximum absolute atomic E-state index is 7.63. The molecule has 0 bridgehead atoms. The number of nitrogens with zero attached hydrogens (tertiary/aromatic N) is 2. The molecule has 3 N–H and O–H groups in total. The minimum absolute atomic E-state index is 0.109. The van der Waals surface area contributed by atoms with Crippen molar-refractivity contribution in [1.29, 1.82) is 5.41 Å². The van der Waals surface area contributed by atoms with Crippen LogP contribution in [0.2, 0.25) is 20.1 Å². The molecule has 2 rings (SSSR count). The Labute approximate surface area is 158 Å². The van der Waals surface area contributed by atoms with E-state index in [9.17, 15) is 0 Å². The molecule has 0 fully saturated rings. The maximum Gasteiger partial charge on any atom is 0.230 e. The Bertz CT molecular complexity index is 739. The first kappa shape index (κ1) is 18.5. The van der Waals surface area contributed by atoms with Crippen molar-refractivity contribution in [3.8, 4) is 0 Å². The van der Waals surface area contributed by atoms with Gasteiger partial charge in [-0.1, -0.05) is 58.5 Å². The highest BCUT2D eigenvalue weighted by Crippen LogP contribution is 2.22. The molecule has 124 valence electrons. The van der Waals surface area contributed by atoms with Gasteiger partial charge in [-0.3, -0.25) is 5.41 Å². The first-order valence-electron chi connectivity index (χ1n) is 6.52. The average Bonchev–Trinajstić information content (AvgIpc) is 2.54. The second-order valence-electron chi connectivity index (χ2n) is 4.46. The van der Waals surface area contributed by atoms with Gasteiger partial charge >= 0.3 is 0 Å². The molecular formula is C15H11Cl4N5. The van der Waals surface area contributed by atoms with Crippen molar-refractivity contribution >= 4 is 64.8 Å². The van der Waals surface area contributed by atoms with Crippen molar-refractivity contribution in [3.05, 3.63) is 67.6 Å². The van der Waals surface area contributed by atoms with Crippen LogP contribution in [-0.2, 0) is 0 Å². The summed E-state index contributed by atoms with van der Waals surface area (Å²) in [7, 11) is 0. The summed E-state index contributed by atoms with van der Waals surface area (Å²) in [5, 5.41) is 17.2. The van der Waals surface area contributed by atoms with Crippen LogP contribution in [0.4, 0.5) is 0 Å². The molecule has 9 heteroatoms. The number of halogens is 4. The summed E-state index contributed by atoms with van der Waals surface area (Å²) < 4.78 is 0. The van der Waals surface area contributed by atoms with E-state index in [0.29, 0.717) is 20.1 Å². The van der Waals surface area contributed by atoms with Crippen molar-refractivity contribution in [3.63, 3.8) is 0 Å². The van der Waals surface area contributed by atoms with E-state index >= 15 is 0 Å². The van der Waals surface area contributed by atoms with Gasteiger partial charge in [0.1, 0.15) is 0 Å². The Morgan fingerprint density at radius 3 is 1.54 bits per heavy atom. The maximum atomic E-state index is 7.63. The summed E-state index contributed by atoms with van der Waals surface area (Å²) in [5.74, 6) is -0.109. The lowest BCUT2D eigenvalue weighted by molar-refractivity contribution is 0.893. The number of hydrazone groups is 2. The molecule has 0 radical (unpaired) electrons. The predicted molar refractivity (Wildman–Crippen MR) is 102 cm³/mol. The van der Waals surface area contributed by atoms with Gasteiger partial charge in [-0.25, -0.2) is 10.9 Å². The van der Waals surface area contributed by atoms with Gasteiger partial charge in [-0.05, 0) is 35.4 Å². The molecule has 0 heterocycles. The molecule has 0 aromatic heterocycles. The van der Waals surface area contributed by atoms with Crippen LogP contribution in [0.3, 0.4) is 0 Å². The fraction of sp³-hybridized carbons (Fsp3) is 0. The van der Waals surface area contributed by atoms with Gasteiger partial charge in [0.15, 0.2) is 0 Å². The topological polar surface area (TPSA) is 72.6 Å². The smallest absolute Gasteiger partial charge is 0.230 e. The highest BCUT2D eigenvalue weighted by Gasteiger charge is 1.98. The Hall–Kier alpha value is -1.79. The third kappa shape index (κ3) is 5.69. The van der Waals surface area contributed by atoms with Gasteiger partial charge in [0, 0.05) is 0 Å². The molecule has 5 nitrogen and oxygen atoms in total. The summed E-state index contributed by atoms with van der Waals surface area (Å²) in [5.41, 5.74) is 6.43. The van der Waals surface area contributed by atoms with E-state index in [2.05, 4.69) is 21.1 Å². The minimum atomic E-state index is -0.109. The monoisotopic (exact) mass is 401 g/mol. The SMILES string of the molecule is N=C(NN=Cc1ccc(Cl)c(Cl)c1)NN=Cc1ccc(Cl)c(Cl)c1. The van der Waals surface area contributed by atoms with Crippen LogP contribution in [0.1, 0.15) is 11.1 Å². The van der Waals surface area contributed by atoms with Crippen LogP contribution in [0.5, 0.6) is 0 Å². The second kappa shape index (κ2) is 8.89. The lowest BCUT2D eigenvalue weighted by Gasteiger charge is -2.02. The zero-order chi connectivity index (χ0) is 17.5. The second-order valence-corrected chi connectivity index (χ2v) is 6.09. The number of nitrogens with one attached hydrogen (secondary N) is 3. The Morgan fingerprint density at radius 2 is 1.17 bits per heavy atom. The lowest BCUT2D eigenvalue weighted by atomic mass is 10.2. The van der Waals surface area contributed by atoms with Crippen molar-refractivity contribution < 1.29 is 0 Å². The standard InChI is InChI=1S/C15H11Cl4N5/c16-11-3-1-9(5-13(11)18)7-21-23-15(20)24-22-8-10-2-4-12(17)14(19)6-10/h1-8H,(H3,20,23,24). The normalized spacial score (nSPS) is 11.2. The predicted octanol–water partition coefficient (Wildman–Crippen LogP) is 4.78. The van der Waals surface area contributed by atoms with E-state index in [0.717, 1.165) is 11.1 Å². The zero-order valence-electron chi connectivity index (χ0n) is 12.0. The third-order valence-electron chi connectivity index (χ3n) is 2.67. The van der Waals surface area contributed by atoms with Crippen molar-refractivity contribution in [2.24, 2.45) is 10.2 Å². The Balaban J connectivity index is 1.84. The van der Waals surface area contributed by atoms with E-state index in [1.807, 2.05) is 0 Å². The van der Waals surface area contributed by atoms with Gasteiger partial charge in [-0.2, -0.15) is 10.2 Å². The third-order valence-corrected chi connectivity index (χ3v) is 4.15. The van der Waals surface area contributed by atoms with Crippen molar-refractivity contribution in [2.45, 2.75) is 0 Å². The fourth-order valence-corrected chi connectivity index (χ4v) is 2.17. The fourth-order valence-electron chi connectivity index (χ4n) is 1.55. The number of rotatable bonds is 4. The quantitative estimate of drug-likeness (QED) is 0.391. The number of hydrogen-bond donors (Lipinski definition) is 3. The summed E-state index contributed by atoms with van der Waals surface area (Å²) in [6, 6.07) is 10.1. The number of hydrogen-bond acceptors (Lipinski definition) is 3. The molecule has 2 aromatic rings. The molecule has 0 aliphatic heterocycles. The average molecular weight is 403 g/mol. The number of guanidine groups is 1. The molecule has 2 aromatic carbocycles. The van der Waals surface area contributed by atoms with Gasteiger partial charge in [0.2, 0.25) is 5.96 Å². The first-order chi connectivity index (χ1) is 11.5. The van der Waals surface area contributed by atoms with Crippen LogP contribution in [-0.4, -0.2) is 18.4 Å². The molecule has 0 saturated heterocycles. The van der Waals surface area contributed by atoms with Crippen molar-refractivity contribution in [2.75, 3.05) is 0 Å². The molecule has 0 aliphatic carbocycles. The molecule has 0 saturated carbocycles. The van der Waals surface area contributed by atoms with Crippen LogP contribution in [0, 0.1) is 5.41 Å². The van der Waals surface area contributed by atoms with E-state index < -0.39 is 0 Å².